The molecule has 2 saturated carbocycles. The summed E-state index contributed by atoms with van der Waals surface area (Å²) in [4.78, 5) is 0. The second kappa shape index (κ2) is 9.56. The van der Waals surface area contributed by atoms with Gasteiger partial charge in [-0.2, -0.15) is 0 Å². The van der Waals surface area contributed by atoms with Crippen molar-refractivity contribution < 1.29 is 13.6 Å². The molecule has 3 nitrogen and oxygen atoms in total. The molecule has 2 fully saturated rings. The minimum Gasteiger partial charge on any atom is -0.222 e. The van der Waals surface area contributed by atoms with E-state index >= 15 is 0 Å². The van der Waals surface area contributed by atoms with Gasteiger partial charge < -0.3 is 0 Å². The molecule has 0 aliphatic heterocycles. The second-order valence-electron chi connectivity index (χ2n) is 8.15. The molecule has 0 saturated heterocycles. The molecule has 0 atom stereocenters. The van der Waals surface area contributed by atoms with E-state index in [2.05, 4.69) is 12.1 Å². The summed E-state index contributed by atoms with van der Waals surface area (Å²) in [5.74, 6) is 2.43. The molecule has 0 aromatic heterocycles. The van der Waals surface area contributed by atoms with E-state index in [4.69, 9.17) is 9.05 Å². The molecule has 4 heteroatoms. The lowest BCUT2D eigenvalue weighted by Gasteiger charge is -2.22. The fourth-order valence-corrected chi connectivity index (χ4v) is 5.50. The standard InChI is InChI=1S/C24H30O3P/c25-28(26-23-17-9-7-15-21(23)19-11-3-1-4-12-19)27-24-18-10-8-16-22(24)20-13-5-2-6-14-20/h7-10,15-20H,1-6,11-14H2/q+1. The first-order valence-corrected chi connectivity index (χ1v) is 11.9. The van der Waals surface area contributed by atoms with E-state index in [9.17, 15) is 4.57 Å². The Bertz CT molecular complexity index is 726. The van der Waals surface area contributed by atoms with Crippen LogP contribution in [0, 0.1) is 0 Å². The molecule has 2 aliphatic rings. The number of rotatable bonds is 6. The molecule has 2 aromatic rings. The summed E-state index contributed by atoms with van der Waals surface area (Å²) in [6.07, 6.45) is 12.4. The molecule has 0 radical (unpaired) electrons. The Hall–Kier alpha value is -1.86. The highest BCUT2D eigenvalue weighted by Crippen LogP contribution is 2.43. The van der Waals surface area contributed by atoms with Gasteiger partial charge in [-0.05, 0) is 49.7 Å². The molecule has 0 bridgehead atoms. The highest BCUT2D eigenvalue weighted by atomic mass is 31.1. The van der Waals surface area contributed by atoms with Crippen molar-refractivity contribution in [2.24, 2.45) is 0 Å². The topological polar surface area (TPSA) is 35.5 Å². The number of benzene rings is 2. The number of hydrogen-bond acceptors (Lipinski definition) is 3. The van der Waals surface area contributed by atoms with Crippen LogP contribution in [0.1, 0.15) is 87.2 Å². The van der Waals surface area contributed by atoms with Crippen LogP contribution in [0.4, 0.5) is 0 Å². The van der Waals surface area contributed by atoms with E-state index in [1.54, 1.807) is 0 Å². The predicted octanol–water partition coefficient (Wildman–Crippen LogP) is 7.90. The highest BCUT2D eigenvalue weighted by Gasteiger charge is 2.30. The van der Waals surface area contributed by atoms with E-state index < -0.39 is 8.25 Å². The summed E-state index contributed by atoms with van der Waals surface area (Å²) in [7, 11) is -2.26. The lowest BCUT2D eigenvalue weighted by atomic mass is 9.84. The van der Waals surface area contributed by atoms with Gasteiger partial charge in [0.1, 0.15) is 0 Å². The van der Waals surface area contributed by atoms with E-state index in [1.165, 1.54) is 75.3 Å². The largest absolute Gasteiger partial charge is 0.805 e. The normalized spacial score (nSPS) is 18.6. The summed E-state index contributed by atoms with van der Waals surface area (Å²) in [5, 5.41) is 0. The van der Waals surface area contributed by atoms with Gasteiger partial charge in [-0.25, -0.2) is 9.05 Å². The van der Waals surface area contributed by atoms with Crippen molar-refractivity contribution in [3.8, 4) is 11.5 Å². The van der Waals surface area contributed by atoms with Crippen LogP contribution in [0.5, 0.6) is 11.5 Å². The molecular formula is C24H30O3P+. The first-order chi connectivity index (χ1) is 13.8. The molecule has 28 heavy (non-hydrogen) atoms. The van der Waals surface area contributed by atoms with Gasteiger partial charge in [0, 0.05) is 15.7 Å². The van der Waals surface area contributed by atoms with E-state index in [-0.39, 0.29) is 0 Å². The second-order valence-corrected chi connectivity index (χ2v) is 8.96. The van der Waals surface area contributed by atoms with Crippen LogP contribution in [0.15, 0.2) is 48.5 Å². The number of hydrogen-bond donors (Lipinski definition) is 0. The van der Waals surface area contributed by atoms with Crippen LogP contribution < -0.4 is 9.05 Å². The Labute approximate surface area is 169 Å². The van der Waals surface area contributed by atoms with Gasteiger partial charge in [-0.3, -0.25) is 0 Å². The summed E-state index contributed by atoms with van der Waals surface area (Å²) in [5.41, 5.74) is 2.35. The lowest BCUT2D eigenvalue weighted by molar-refractivity contribution is 0.393. The van der Waals surface area contributed by atoms with E-state index in [0.29, 0.717) is 23.3 Å². The highest BCUT2D eigenvalue weighted by molar-refractivity contribution is 7.34. The van der Waals surface area contributed by atoms with Crippen molar-refractivity contribution in [2.75, 3.05) is 0 Å². The van der Waals surface area contributed by atoms with Crippen molar-refractivity contribution in [1.29, 1.82) is 0 Å². The van der Waals surface area contributed by atoms with Crippen molar-refractivity contribution in [3.05, 3.63) is 59.7 Å². The molecule has 4 rings (SSSR count). The third-order valence-corrected chi connectivity index (χ3v) is 6.97. The van der Waals surface area contributed by atoms with Gasteiger partial charge in [-0.1, -0.05) is 74.9 Å². The maximum absolute atomic E-state index is 12.8. The SMILES string of the molecule is O=[P+](Oc1ccccc1C1CCCCC1)Oc1ccccc1C1CCCCC1. The Morgan fingerprint density at radius 3 is 1.43 bits per heavy atom. The third kappa shape index (κ3) is 4.75. The zero-order valence-corrected chi connectivity index (χ0v) is 17.4. The van der Waals surface area contributed by atoms with Gasteiger partial charge in [0.05, 0.1) is 0 Å². The van der Waals surface area contributed by atoms with E-state index in [0.717, 1.165) is 0 Å². The summed E-state index contributed by atoms with van der Waals surface area (Å²) in [6.45, 7) is 0. The van der Waals surface area contributed by atoms with Gasteiger partial charge in [0.2, 0.25) is 0 Å². The Balaban J connectivity index is 1.47. The maximum atomic E-state index is 12.8. The molecule has 148 valence electrons. The van der Waals surface area contributed by atoms with Gasteiger partial charge >= 0.3 is 8.25 Å². The van der Waals surface area contributed by atoms with Crippen LogP contribution in [0.2, 0.25) is 0 Å². The fraction of sp³-hybridized carbons (Fsp3) is 0.500. The van der Waals surface area contributed by atoms with Crippen molar-refractivity contribution in [2.45, 2.75) is 76.0 Å². The lowest BCUT2D eigenvalue weighted by Crippen LogP contribution is -2.07. The minimum atomic E-state index is -2.26. The first kappa shape index (κ1) is 19.5. The smallest absolute Gasteiger partial charge is 0.222 e. The molecular weight excluding hydrogens is 367 g/mol. The quantitative estimate of drug-likeness (QED) is 0.465. The van der Waals surface area contributed by atoms with Crippen LogP contribution in [-0.4, -0.2) is 0 Å². The Morgan fingerprint density at radius 1 is 0.607 bits per heavy atom. The minimum absolute atomic E-state index is 0.503. The maximum Gasteiger partial charge on any atom is 0.805 e. The first-order valence-electron chi connectivity index (χ1n) is 10.8. The molecule has 2 aromatic carbocycles. The average molecular weight is 397 g/mol. The monoisotopic (exact) mass is 397 g/mol. The van der Waals surface area contributed by atoms with Crippen molar-refractivity contribution >= 4 is 8.25 Å². The Kier molecular flexibility index (Phi) is 6.65. The van der Waals surface area contributed by atoms with Crippen LogP contribution in [0.3, 0.4) is 0 Å². The molecule has 0 N–H and O–H groups in total. The molecule has 2 aliphatic carbocycles. The zero-order chi connectivity index (χ0) is 19.2. The third-order valence-electron chi connectivity index (χ3n) is 6.27. The van der Waals surface area contributed by atoms with Crippen molar-refractivity contribution in [1.82, 2.24) is 0 Å². The van der Waals surface area contributed by atoms with Gasteiger partial charge in [-0.15, -0.1) is 0 Å². The number of para-hydroxylation sites is 2. The predicted molar refractivity (Wildman–Crippen MR) is 113 cm³/mol. The van der Waals surface area contributed by atoms with Crippen LogP contribution >= 0.6 is 8.25 Å². The fourth-order valence-electron chi connectivity index (χ4n) is 4.81. The molecule has 0 heterocycles. The summed E-state index contributed by atoms with van der Waals surface area (Å²) < 4.78 is 24.4. The molecule has 0 spiro atoms. The molecule has 0 unspecified atom stereocenters. The van der Waals surface area contributed by atoms with Crippen LogP contribution in [-0.2, 0) is 4.57 Å². The van der Waals surface area contributed by atoms with Gasteiger partial charge in [0.15, 0.2) is 11.5 Å². The average Bonchev–Trinajstić information content (AvgIpc) is 2.76. The zero-order valence-electron chi connectivity index (χ0n) is 16.5. The Morgan fingerprint density at radius 2 is 1.00 bits per heavy atom. The molecule has 0 amide bonds. The van der Waals surface area contributed by atoms with Gasteiger partial charge in [0.25, 0.3) is 0 Å². The van der Waals surface area contributed by atoms with E-state index in [1.807, 2.05) is 36.4 Å². The van der Waals surface area contributed by atoms with Crippen LogP contribution in [0.25, 0.3) is 0 Å². The summed E-state index contributed by atoms with van der Waals surface area (Å²) >= 11 is 0. The summed E-state index contributed by atoms with van der Waals surface area (Å²) in [6, 6.07) is 16.1. The van der Waals surface area contributed by atoms with Crippen molar-refractivity contribution in [3.63, 3.8) is 0 Å².